The van der Waals surface area contributed by atoms with Gasteiger partial charge in [-0.25, -0.2) is 4.79 Å². The quantitative estimate of drug-likeness (QED) is 0.376. The van der Waals surface area contributed by atoms with E-state index in [1.165, 1.54) is 19.5 Å². The predicted octanol–water partition coefficient (Wildman–Crippen LogP) is 2.01. The van der Waals surface area contributed by atoms with Crippen LogP contribution >= 0.6 is 11.6 Å². The average Bonchev–Trinajstić information content (AvgIpc) is 3.09. The summed E-state index contributed by atoms with van der Waals surface area (Å²) < 4.78 is 11.0. The van der Waals surface area contributed by atoms with Gasteiger partial charge in [0.05, 0.1) is 24.5 Å². The molecule has 0 aromatic carbocycles. The van der Waals surface area contributed by atoms with Crippen LogP contribution in [0, 0.1) is 5.21 Å². The van der Waals surface area contributed by atoms with Crippen LogP contribution in [0.15, 0.2) is 46.0 Å². The SMILES string of the molecule is COC(=O)C1=C(C)NC(C)=C(c2nc(CCl)no2)C1c1ccc[n+]([O-])c1. The zero-order valence-electron chi connectivity index (χ0n) is 14.4. The first-order chi connectivity index (χ1) is 12.5. The summed E-state index contributed by atoms with van der Waals surface area (Å²) in [5.74, 6) is -0.458. The molecule has 1 N–H and O–H groups in total. The summed E-state index contributed by atoms with van der Waals surface area (Å²) in [5.41, 5.74) is 2.91. The van der Waals surface area contributed by atoms with E-state index in [2.05, 4.69) is 15.5 Å². The highest BCUT2D eigenvalue weighted by molar-refractivity contribution is 6.16. The number of esters is 1. The topological polar surface area (TPSA) is 104 Å². The predicted molar refractivity (Wildman–Crippen MR) is 92.4 cm³/mol. The van der Waals surface area contributed by atoms with Crippen molar-refractivity contribution in [3.8, 4) is 0 Å². The summed E-state index contributed by atoms with van der Waals surface area (Å²) in [5, 5.41) is 18.8. The van der Waals surface area contributed by atoms with Crippen LogP contribution in [0.1, 0.15) is 37.0 Å². The third kappa shape index (κ3) is 3.15. The normalized spacial score (nSPS) is 17.3. The number of nitrogens with one attached hydrogen (secondary N) is 1. The number of nitrogens with zero attached hydrogens (tertiary/aromatic N) is 3. The second kappa shape index (κ2) is 7.17. The van der Waals surface area contributed by atoms with Crippen LogP contribution < -0.4 is 10.0 Å². The van der Waals surface area contributed by atoms with Crippen LogP contribution in [-0.4, -0.2) is 23.2 Å². The van der Waals surface area contributed by atoms with Crippen molar-refractivity contribution in [2.45, 2.75) is 25.6 Å². The molecule has 3 rings (SSSR count). The number of ether oxygens (including phenoxy) is 1. The second-order valence-electron chi connectivity index (χ2n) is 5.77. The maximum Gasteiger partial charge on any atom is 0.336 e. The number of hydrogen-bond donors (Lipinski definition) is 1. The maximum atomic E-state index is 12.5. The van der Waals surface area contributed by atoms with Crippen molar-refractivity contribution in [2.24, 2.45) is 0 Å². The van der Waals surface area contributed by atoms with Gasteiger partial charge in [-0.1, -0.05) is 5.16 Å². The zero-order chi connectivity index (χ0) is 18.8. The molecule has 0 amide bonds. The fourth-order valence-corrected chi connectivity index (χ4v) is 3.16. The molecule has 0 fully saturated rings. The Balaban J connectivity index is 2.22. The van der Waals surface area contributed by atoms with E-state index in [1.54, 1.807) is 19.1 Å². The lowest BCUT2D eigenvalue weighted by Gasteiger charge is -2.29. The smallest absolute Gasteiger partial charge is 0.336 e. The molecule has 1 atom stereocenters. The molecule has 1 aliphatic rings. The van der Waals surface area contributed by atoms with Crippen molar-refractivity contribution in [3.63, 3.8) is 0 Å². The molecular formula is C17H17ClN4O4. The van der Waals surface area contributed by atoms with E-state index in [0.29, 0.717) is 33.0 Å². The lowest BCUT2D eigenvalue weighted by atomic mass is 9.81. The first-order valence-corrected chi connectivity index (χ1v) is 8.34. The van der Waals surface area contributed by atoms with E-state index in [-0.39, 0.29) is 11.8 Å². The summed E-state index contributed by atoms with van der Waals surface area (Å²) in [7, 11) is 1.31. The van der Waals surface area contributed by atoms with Crippen LogP contribution in [0.5, 0.6) is 0 Å². The van der Waals surface area contributed by atoms with Crippen molar-refractivity contribution in [2.75, 3.05) is 7.11 Å². The molecule has 9 heteroatoms. The number of methoxy groups -OCH3 is 1. The number of dihydropyridines is 1. The summed E-state index contributed by atoms with van der Waals surface area (Å²) in [6.07, 6.45) is 2.77. The Morgan fingerprint density at radius 3 is 2.85 bits per heavy atom. The molecule has 136 valence electrons. The zero-order valence-corrected chi connectivity index (χ0v) is 15.2. The van der Waals surface area contributed by atoms with E-state index in [1.807, 2.05) is 6.92 Å². The fraction of sp³-hybridized carbons (Fsp3) is 0.294. The minimum atomic E-state index is -0.603. The molecule has 0 saturated heterocycles. The van der Waals surface area contributed by atoms with Crippen LogP contribution in [0.25, 0.3) is 5.57 Å². The van der Waals surface area contributed by atoms with Crippen LogP contribution in [-0.2, 0) is 15.4 Å². The molecule has 26 heavy (non-hydrogen) atoms. The van der Waals surface area contributed by atoms with Gasteiger partial charge in [0.25, 0.3) is 5.89 Å². The summed E-state index contributed by atoms with van der Waals surface area (Å²) in [4.78, 5) is 16.8. The highest BCUT2D eigenvalue weighted by Crippen LogP contribution is 2.42. The molecule has 2 aromatic rings. The van der Waals surface area contributed by atoms with Gasteiger partial charge >= 0.3 is 5.97 Å². The third-order valence-corrected chi connectivity index (χ3v) is 4.35. The Morgan fingerprint density at radius 2 is 2.23 bits per heavy atom. The number of aromatic nitrogens is 3. The van der Waals surface area contributed by atoms with Gasteiger partial charge in [0, 0.05) is 28.6 Å². The van der Waals surface area contributed by atoms with Gasteiger partial charge in [0.15, 0.2) is 18.2 Å². The number of alkyl halides is 1. The number of halogens is 1. The molecule has 1 aliphatic heterocycles. The lowest BCUT2D eigenvalue weighted by Crippen LogP contribution is -2.31. The maximum absolute atomic E-state index is 12.5. The Hall–Kier alpha value is -2.87. The minimum absolute atomic E-state index is 0.0958. The molecule has 8 nitrogen and oxygen atoms in total. The van der Waals surface area contributed by atoms with Crippen molar-refractivity contribution >= 4 is 23.1 Å². The van der Waals surface area contributed by atoms with Gasteiger partial charge in [-0.3, -0.25) is 0 Å². The van der Waals surface area contributed by atoms with Crippen LogP contribution in [0.2, 0.25) is 0 Å². The van der Waals surface area contributed by atoms with Gasteiger partial charge in [-0.15, -0.1) is 11.6 Å². The van der Waals surface area contributed by atoms with Crippen molar-refractivity contribution in [1.82, 2.24) is 15.5 Å². The van der Waals surface area contributed by atoms with E-state index in [9.17, 15) is 10.0 Å². The third-order valence-electron chi connectivity index (χ3n) is 4.12. The van der Waals surface area contributed by atoms with Gasteiger partial charge in [-0.05, 0) is 19.9 Å². The first-order valence-electron chi connectivity index (χ1n) is 7.80. The number of allylic oxidation sites excluding steroid dienone is 3. The summed E-state index contributed by atoms with van der Waals surface area (Å²) in [6.45, 7) is 3.60. The van der Waals surface area contributed by atoms with E-state index in [4.69, 9.17) is 20.9 Å². The van der Waals surface area contributed by atoms with Gasteiger partial charge < -0.3 is 19.8 Å². The Kier molecular flexibility index (Phi) is 4.94. The highest BCUT2D eigenvalue weighted by Gasteiger charge is 2.37. The Morgan fingerprint density at radius 1 is 1.46 bits per heavy atom. The summed E-state index contributed by atoms with van der Waals surface area (Å²) >= 11 is 5.77. The largest absolute Gasteiger partial charge is 0.619 e. The molecule has 1 unspecified atom stereocenters. The van der Waals surface area contributed by atoms with Gasteiger partial charge in [0.2, 0.25) is 0 Å². The molecular weight excluding hydrogens is 360 g/mol. The number of hydrogen-bond acceptors (Lipinski definition) is 7. The van der Waals surface area contributed by atoms with Crippen LogP contribution in [0.4, 0.5) is 0 Å². The second-order valence-corrected chi connectivity index (χ2v) is 6.04. The Bertz CT molecular complexity index is 919. The summed E-state index contributed by atoms with van der Waals surface area (Å²) in [6, 6.07) is 3.37. The van der Waals surface area contributed by atoms with Crippen molar-refractivity contribution in [3.05, 3.63) is 64.0 Å². The highest BCUT2D eigenvalue weighted by atomic mass is 35.5. The van der Waals surface area contributed by atoms with Gasteiger partial charge in [0.1, 0.15) is 0 Å². The fourth-order valence-electron chi connectivity index (χ4n) is 3.05. The molecule has 0 radical (unpaired) electrons. The van der Waals surface area contributed by atoms with E-state index < -0.39 is 11.9 Å². The number of rotatable bonds is 4. The number of carbonyl (C=O) groups is 1. The number of pyridine rings is 1. The molecule has 3 heterocycles. The monoisotopic (exact) mass is 376 g/mol. The first kappa shape index (κ1) is 17.9. The van der Waals surface area contributed by atoms with Crippen molar-refractivity contribution in [1.29, 1.82) is 0 Å². The average molecular weight is 377 g/mol. The molecule has 0 bridgehead atoms. The van der Waals surface area contributed by atoms with E-state index in [0.717, 1.165) is 5.70 Å². The molecule has 0 aliphatic carbocycles. The van der Waals surface area contributed by atoms with Gasteiger partial charge in [-0.2, -0.15) is 9.71 Å². The molecule has 2 aromatic heterocycles. The number of carbonyl (C=O) groups excluding carboxylic acids is 1. The minimum Gasteiger partial charge on any atom is -0.619 e. The van der Waals surface area contributed by atoms with E-state index >= 15 is 0 Å². The standard InChI is InChI=1S/C17H17ClN4O4/c1-9-13(16-20-12(7-18)21-26-16)15(11-5-4-6-22(24)8-11)14(10(2)19-9)17(23)25-3/h4-6,8,15,19H,7H2,1-3H3. The molecule has 0 spiro atoms. The van der Waals surface area contributed by atoms with Crippen molar-refractivity contribution < 1.29 is 18.8 Å². The van der Waals surface area contributed by atoms with Crippen LogP contribution in [0.3, 0.4) is 0 Å². The molecule has 0 saturated carbocycles. The Labute approximate surface area is 154 Å². The lowest BCUT2D eigenvalue weighted by molar-refractivity contribution is -0.605.